The fourth-order valence-corrected chi connectivity index (χ4v) is 12.0. The molecular formula is C40H52OSi2. The molecule has 0 aliphatic heterocycles. The summed E-state index contributed by atoms with van der Waals surface area (Å²) in [7, 11) is -3.06. The summed E-state index contributed by atoms with van der Waals surface area (Å²) in [5, 5.41) is 5.48. The Kier molecular flexibility index (Phi) is 12.2. The van der Waals surface area contributed by atoms with Gasteiger partial charge in [-0.2, -0.15) is 0 Å². The predicted molar refractivity (Wildman–Crippen MR) is 192 cm³/mol. The molecule has 0 heterocycles. The van der Waals surface area contributed by atoms with E-state index < -0.39 is 18.1 Å². The maximum atomic E-state index is 7.69. The van der Waals surface area contributed by atoms with E-state index in [0.717, 1.165) is 51.4 Å². The largest absolute Gasteiger partial charge is 0.442 e. The number of hydrogen-bond donors (Lipinski definition) is 0. The van der Waals surface area contributed by atoms with Crippen LogP contribution >= 0.6 is 0 Å². The summed E-state index contributed by atoms with van der Waals surface area (Å²) in [4.78, 5) is 0. The van der Waals surface area contributed by atoms with Crippen molar-refractivity contribution in [3.63, 3.8) is 0 Å². The van der Waals surface area contributed by atoms with Gasteiger partial charge in [-0.1, -0.05) is 128 Å². The smallest absolute Gasteiger partial charge is 0.272 e. The van der Waals surface area contributed by atoms with Crippen LogP contribution in [0.2, 0.25) is 0 Å². The molecule has 4 aromatic carbocycles. The van der Waals surface area contributed by atoms with Crippen molar-refractivity contribution in [1.82, 2.24) is 0 Å². The molecule has 0 aliphatic rings. The Balaban J connectivity index is 1.94. The van der Waals surface area contributed by atoms with Crippen molar-refractivity contribution < 1.29 is 4.12 Å². The predicted octanol–water partition coefficient (Wildman–Crippen LogP) is 7.11. The molecule has 0 amide bonds. The second-order valence-electron chi connectivity index (χ2n) is 11.5. The summed E-state index contributed by atoms with van der Waals surface area (Å²) in [6.45, 7) is 18.2. The van der Waals surface area contributed by atoms with E-state index in [9.17, 15) is 0 Å². The van der Waals surface area contributed by atoms with Gasteiger partial charge in [-0.25, -0.2) is 0 Å². The first-order chi connectivity index (χ1) is 20.9. The number of benzene rings is 4. The number of rotatable bonds is 14. The van der Waals surface area contributed by atoms with Crippen LogP contribution in [0.1, 0.15) is 99.9 Å². The molecule has 0 N–H and O–H groups in total. The standard InChI is InChI=1S/C40H52OSi2/c1-9-29-17-21-37(25-33(29)13-5)42(38-22-18-30(10-2)34(14-6)26-38)41-43(39-23-19-31(11-3)35(15-7)27-39)40-24-20-32(12-4)36(16-8)28-40/h17-28H,9-16H2,1-8H3. The molecule has 0 saturated heterocycles. The van der Waals surface area contributed by atoms with Crippen LogP contribution in [-0.2, 0) is 55.5 Å². The van der Waals surface area contributed by atoms with Crippen LogP contribution in [0.5, 0.6) is 0 Å². The van der Waals surface area contributed by atoms with E-state index in [-0.39, 0.29) is 0 Å². The normalized spacial score (nSPS) is 11.6. The highest BCUT2D eigenvalue weighted by Gasteiger charge is 2.30. The van der Waals surface area contributed by atoms with E-state index >= 15 is 0 Å². The van der Waals surface area contributed by atoms with E-state index in [2.05, 4.69) is 128 Å². The van der Waals surface area contributed by atoms with E-state index in [0.29, 0.717) is 0 Å². The lowest BCUT2D eigenvalue weighted by atomic mass is 10.0. The lowest BCUT2D eigenvalue weighted by Crippen LogP contribution is -2.56. The third-order valence-corrected chi connectivity index (χ3v) is 14.1. The van der Waals surface area contributed by atoms with Crippen LogP contribution in [0.15, 0.2) is 72.8 Å². The quantitative estimate of drug-likeness (QED) is 0.139. The van der Waals surface area contributed by atoms with Crippen LogP contribution in [0, 0.1) is 0 Å². The maximum absolute atomic E-state index is 7.69. The molecule has 43 heavy (non-hydrogen) atoms. The average molecular weight is 605 g/mol. The highest BCUT2D eigenvalue weighted by molar-refractivity contribution is 6.91. The molecule has 0 aliphatic carbocycles. The first-order valence-electron chi connectivity index (χ1n) is 16.8. The minimum atomic E-state index is -1.53. The Hall–Kier alpha value is -2.73. The van der Waals surface area contributed by atoms with Crippen molar-refractivity contribution in [3.05, 3.63) is 117 Å². The molecule has 0 aromatic heterocycles. The second kappa shape index (κ2) is 15.8. The van der Waals surface area contributed by atoms with E-state index in [1.165, 1.54) is 65.3 Å². The van der Waals surface area contributed by atoms with Crippen LogP contribution in [0.3, 0.4) is 0 Å². The van der Waals surface area contributed by atoms with Crippen LogP contribution in [0.25, 0.3) is 0 Å². The van der Waals surface area contributed by atoms with Crippen molar-refractivity contribution in [2.24, 2.45) is 0 Å². The molecular weight excluding hydrogens is 553 g/mol. The molecule has 0 unspecified atom stereocenters. The molecule has 0 saturated carbocycles. The lowest BCUT2D eigenvalue weighted by molar-refractivity contribution is 0.633. The molecule has 4 rings (SSSR count). The first kappa shape index (κ1) is 33.2. The van der Waals surface area contributed by atoms with Gasteiger partial charge >= 0.3 is 0 Å². The van der Waals surface area contributed by atoms with Crippen LogP contribution < -0.4 is 20.7 Å². The van der Waals surface area contributed by atoms with Gasteiger partial charge in [-0.05, 0) is 117 Å². The fourth-order valence-electron chi connectivity index (χ4n) is 6.44. The lowest BCUT2D eigenvalue weighted by Gasteiger charge is -2.26. The third-order valence-electron chi connectivity index (χ3n) is 9.13. The molecule has 0 fully saturated rings. The second-order valence-corrected chi connectivity index (χ2v) is 16.0. The monoisotopic (exact) mass is 604 g/mol. The summed E-state index contributed by atoms with van der Waals surface area (Å²) in [6, 6.07) is 28.9. The molecule has 0 bridgehead atoms. The Morgan fingerprint density at radius 3 is 0.721 bits per heavy atom. The average Bonchev–Trinajstić information content (AvgIpc) is 3.07. The van der Waals surface area contributed by atoms with Crippen molar-refractivity contribution in [2.75, 3.05) is 0 Å². The van der Waals surface area contributed by atoms with Gasteiger partial charge in [-0.15, -0.1) is 0 Å². The first-order valence-corrected chi connectivity index (χ1v) is 19.7. The van der Waals surface area contributed by atoms with Crippen molar-refractivity contribution in [1.29, 1.82) is 0 Å². The minimum Gasteiger partial charge on any atom is -0.442 e. The summed E-state index contributed by atoms with van der Waals surface area (Å²) < 4.78 is 7.69. The molecule has 4 aromatic rings. The van der Waals surface area contributed by atoms with Gasteiger partial charge < -0.3 is 4.12 Å². The van der Waals surface area contributed by atoms with Gasteiger partial charge in [0, 0.05) is 0 Å². The molecule has 0 spiro atoms. The molecule has 3 heteroatoms. The Bertz CT molecular complexity index is 1280. The summed E-state index contributed by atoms with van der Waals surface area (Å²) >= 11 is 0. The zero-order chi connectivity index (χ0) is 30.9. The van der Waals surface area contributed by atoms with Gasteiger partial charge in [0.25, 0.3) is 18.1 Å². The van der Waals surface area contributed by atoms with Gasteiger partial charge in [0.15, 0.2) is 0 Å². The van der Waals surface area contributed by atoms with Gasteiger partial charge in [0.1, 0.15) is 0 Å². The van der Waals surface area contributed by atoms with E-state index in [1.54, 1.807) is 0 Å². The minimum absolute atomic E-state index is 1.05. The highest BCUT2D eigenvalue weighted by atomic mass is 28.4. The van der Waals surface area contributed by atoms with Gasteiger partial charge in [0.05, 0.1) is 0 Å². The zero-order valence-electron chi connectivity index (χ0n) is 28.0. The summed E-state index contributed by atoms with van der Waals surface area (Å²) in [6.07, 6.45) is 8.48. The van der Waals surface area contributed by atoms with E-state index in [4.69, 9.17) is 4.12 Å². The summed E-state index contributed by atoms with van der Waals surface area (Å²) in [5.41, 5.74) is 11.7. The summed E-state index contributed by atoms with van der Waals surface area (Å²) in [5.74, 6) is 0. The van der Waals surface area contributed by atoms with E-state index in [1.807, 2.05) is 0 Å². The number of aryl methyl sites for hydroxylation is 8. The van der Waals surface area contributed by atoms with Gasteiger partial charge in [0.2, 0.25) is 0 Å². The maximum Gasteiger partial charge on any atom is 0.272 e. The third kappa shape index (κ3) is 7.50. The Morgan fingerprint density at radius 1 is 0.326 bits per heavy atom. The SMILES string of the molecule is CCc1ccc([Si](O[Si](c2ccc(CC)c(CC)c2)c2ccc(CC)c(CC)c2)c2ccc(CC)c(CC)c2)cc1CC. The Morgan fingerprint density at radius 2 is 0.535 bits per heavy atom. The van der Waals surface area contributed by atoms with Crippen molar-refractivity contribution >= 4 is 38.8 Å². The van der Waals surface area contributed by atoms with Gasteiger partial charge in [-0.3, -0.25) is 0 Å². The van der Waals surface area contributed by atoms with Crippen LogP contribution in [0.4, 0.5) is 0 Å². The Labute approximate surface area is 266 Å². The highest BCUT2D eigenvalue weighted by Crippen LogP contribution is 2.16. The molecule has 0 atom stereocenters. The molecule has 1 nitrogen and oxygen atoms in total. The topological polar surface area (TPSA) is 9.23 Å². The van der Waals surface area contributed by atoms with Crippen molar-refractivity contribution in [2.45, 2.75) is 107 Å². The molecule has 226 valence electrons. The van der Waals surface area contributed by atoms with Crippen LogP contribution in [-0.4, -0.2) is 18.1 Å². The fraction of sp³-hybridized carbons (Fsp3) is 0.400. The molecule has 2 radical (unpaired) electrons. The number of hydrogen-bond acceptors (Lipinski definition) is 1. The van der Waals surface area contributed by atoms with Crippen molar-refractivity contribution in [3.8, 4) is 0 Å². The zero-order valence-corrected chi connectivity index (χ0v) is 30.0.